The van der Waals surface area contributed by atoms with E-state index in [1.54, 1.807) is 35.5 Å². The zero-order valence-corrected chi connectivity index (χ0v) is 16.7. The number of benzene rings is 1. The molecule has 3 heterocycles. The summed E-state index contributed by atoms with van der Waals surface area (Å²) in [6.45, 7) is 1.47. The first-order chi connectivity index (χ1) is 14.8. The number of rotatable bonds is 3. The van der Waals surface area contributed by atoms with E-state index in [1.165, 1.54) is 4.90 Å². The van der Waals surface area contributed by atoms with Gasteiger partial charge in [-0.2, -0.15) is 13.2 Å². The fraction of sp³-hybridized carbons (Fsp3) is 0.318. The van der Waals surface area contributed by atoms with Gasteiger partial charge in [0.15, 0.2) is 0 Å². The molecule has 31 heavy (non-hydrogen) atoms. The molecular weight excluding hydrogens is 409 g/mol. The lowest BCUT2D eigenvalue weighted by molar-refractivity contribution is -0.161. The van der Waals surface area contributed by atoms with E-state index < -0.39 is 18.5 Å². The van der Waals surface area contributed by atoms with Crippen molar-refractivity contribution in [2.75, 3.05) is 18.4 Å². The highest BCUT2D eigenvalue weighted by molar-refractivity contribution is 5.90. The Morgan fingerprint density at radius 2 is 1.77 bits per heavy atom. The van der Waals surface area contributed by atoms with Gasteiger partial charge in [0.25, 0.3) is 0 Å². The molecule has 1 aromatic heterocycles. The fourth-order valence-electron chi connectivity index (χ4n) is 3.77. The second-order valence-corrected chi connectivity index (χ2v) is 7.62. The standard InChI is InChI=1S/C22H21F3N4O2/c23-22(24,25)11-20(30)28-9-6-16(7-10-28)15-1-3-19(4-2-15)27-21(31)29-13-17-5-8-26-12-18(17)14-29/h1-6,8,12H,7,9-11,13-14H2,(H,27,31). The molecule has 4 rings (SSSR count). The number of pyridine rings is 1. The summed E-state index contributed by atoms with van der Waals surface area (Å²) in [5, 5.41) is 2.88. The third-order valence-electron chi connectivity index (χ3n) is 5.43. The SMILES string of the molecule is O=C(CC(F)(F)F)N1CC=C(c2ccc(NC(=O)N3Cc4ccncc4C3)cc2)CC1. The molecule has 3 amide bonds. The number of hydrogen-bond donors (Lipinski definition) is 1. The van der Waals surface area contributed by atoms with Crippen LogP contribution in [0.2, 0.25) is 0 Å². The van der Waals surface area contributed by atoms with E-state index in [1.807, 2.05) is 18.2 Å². The topological polar surface area (TPSA) is 65.5 Å². The van der Waals surface area contributed by atoms with E-state index >= 15 is 0 Å². The maximum Gasteiger partial charge on any atom is 0.397 e. The van der Waals surface area contributed by atoms with E-state index in [4.69, 9.17) is 0 Å². The summed E-state index contributed by atoms with van der Waals surface area (Å²) in [4.78, 5) is 31.3. The summed E-state index contributed by atoms with van der Waals surface area (Å²) >= 11 is 0. The number of carbonyl (C=O) groups excluding carboxylic acids is 2. The maximum atomic E-state index is 12.5. The molecule has 0 saturated carbocycles. The smallest absolute Gasteiger partial charge is 0.338 e. The summed E-state index contributed by atoms with van der Waals surface area (Å²) in [6.07, 6.45) is -0.174. The molecule has 162 valence electrons. The number of nitrogens with zero attached hydrogens (tertiary/aromatic N) is 3. The van der Waals surface area contributed by atoms with Crippen LogP contribution in [-0.2, 0) is 17.9 Å². The Kier molecular flexibility index (Phi) is 5.67. The van der Waals surface area contributed by atoms with E-state index in [2.05, 4.69) is 10.3 Å². The molecule has 1 aromatic carbocycles. The van der Waals surface area contributed by atoms with Gasteiger partial charge in [0.05, 0.1) is 0 Å². The molecule has 2 aromatic rings. The molecule has 0 radical (unpaired) electrons. The van der Waals surface area contributed by atoms with E-state index in [0.29, 0.717) is 25.2 Å². The lowest BCUT2D eigenvalue weighted by Crippen LogP contribution is -2.37. The molecule has 0 unspecified atom stereocenters. The zero-order valence-electron chi connectivity index (χ0n) is 16.7. The molecule has 0 atom stereocenters. The molecule has 0 spiro atoms. The van der Waals surface area contributed by atoms with E-state index in [9.17, 15) is 22.8 Å². The van der Waals surface area contributed by atoms with Gasteiger partial charge in [-0.1, -0.05) is 18.2 Å². The van der Waals surface area contributed by atoms with Gasteiger partial charge in [-0.3, -0.25) is 9.78 Å². The van der Waals surface area contributed by atoms with E-state index in [-0.39, 0.29) is 19.1 Å². The Balaban J connectivity index is 1.33. The molecule has 0 aliphatic carbocycles. The third kappa shape index (κ3) is 5.04. The van der Waals surface area contributed by atoms with Crippen LogP contribution in [0, 0.1) is 0 Å². The Bertz CT molecular complexity index is 993. The Morgan fingerprint density at radius 1 is 1.03 bits per heavy atom. The van der Waals surface area contributed by atoms with Crippen molar-refractivity contribution in [3.8, 4) is 0 Å². The highest BCUT2D eigenvalue weighted by atomic mass is 19.4. The van der Waals surface area contributed by atoms with Crippen molar-refractivity contribution in [2.24, 2.45) is 0 Å². The number of amides is 3. The van der Waals surface area contributed by atoms with Crippen molar-refractivity contribution >= 4 is 23.2 Å². The monoisotopic (exact) mass is 430 g/mol. The molecule has 9 heteroatoms. The number of carbonyl (C=O) groups is 2. The second-order valence-electron chi connectivity index (χ2n) is 7.62. The highest BCUT2D eigenvalue weighted by Crippen LogP contribution is 2.27. The van der Waals surface area contributed by atoms with Crippen molar-refractivity contribution in [1.29, 1.82) is 0 Å². The predicted octanol–water partition coefficient (Wildman–Crippen LogP) is 4.20. The molecule has 0 bridgehead atoms. The van der Waals surface area contributed by atoms with Gasteiger partial charge in [0.2, 0.25) is 5.91 Å². The van der Waals surface area contributed by atoms with Crippen molar-refractivity contribution in [3.63, 3.8) is 0 Å². The Labute approximate surface area is 177 Å². The molecule has 0 saturated heterocycles. The van der Waals surface area contributed by atoms with E-state index in [0.717, 1.165) is 22.3 Å². The average Bonchev–Trinajstić information content (AvgIpc) is 3.18. The zero-order chi connectivity index (χ0) is 22.0. The third-order valence-corrected chi connectivity index (χ3v) is 5.43. The normalized spacial score (nSPS) is 16.0. The number of halogens is 3. The number of aromatic nitrogens is 1. The summed E-state index contributed by atoms with van der Waals surface area (Å²) in [5.41, 5.74) is 4.67. The van der Waals surface area contributed by atoms with Crippen LogP contribution in [0.4, 0.5) is 23.7 Å². The quantitative estimate of drug-likeness (QED) is 0.794. The van der Waals surface area contributed by atoms with Gasteiger partial charge >= 0.3 is 12.2 Å². The van der Waals surface area contributed by atoms with Crippen molar-refractivity contribution in [1.82, 2.24) is 14.8 Å². The first-order valence-corrected chi connectivity index (χ1v) is 9.90. The lowest BCUT2D eigenvalue weighted by atomic mass is 9.99. The van der Waals surface area contributed by atoms with Crippen LogP contribution < -0.4 is 5.32 Å². The van der Waals surface area contributed by atoms with Gasteiger partial charge in [0.1, 0.15) is 6.42 Å². The van der Waals surface area contributed by atoms with Crippen LogP contribution in [-0.4, -0.2) is 46.0 Å². The minimum absolute atomic E-state index is 0.160. The number of urea groups is 1. The molecule has 0 fully saturated rings. The summed E-state index contributed by atoms with van der Waals surface area (Å²) in [6, 6.07) is 9.02. The van der Waals surface area contributed by atoms with Crippen LogP contribution in [0.1, 0.15) is 29.5 Å². The Hall–Kier alpha value is -3.36. The first kappa shape index (κ1) is 20.9. The number of fused-ring (bicyclic) bond motifs is 1. The predicted molar refractivity (Wildman–Crippen MR) is 109 cm³/mol. The average molecular weight is 430 g/mol. The van der Waals surface area contributed by atoms with Crippen molar-refractivity contribution < 1.29 is 22.8 Å². The summed E-state index contributed by atoms with van der Waals surface area (Å²) < 4.78 is 37.2. The van der Waals surface area contributed by atoms with Gasteiger partial charge in [-0.25, -0.2) is 4.79 Å². The van der Waals surface area contributed by atoms with Gasteiger partial charge in [0, 0.05) is 44.3 Å². The van der Waals surface area contributed by atoms with Gasteiger partial charge < -0.3 is 15.1 Å². The lowest BCUT2D eigenvalue weighted by Gasteiger charge is -2.27. The second kappa shape index (κ2) is 8.41. The number of nitrogens with one attached hydrogen (secondary N) is 1. The minimum Gasteiger partial charge on any atom is -0.338 e. The molecular formula is C22H21F3N4O2. The van der Waals surface area contributed by atoms with Crippen LogP contribution >= 0.6 is 0 Å². The van der Waals surface area contributed by atoms with Crippen LogP contribution in [0.5, 0.6) is 0 Å². The van der Waals surface area contributed by atoms with Crippen LogP contribution in [0.15, 0.2) is 48.8 Å². The molecule has 6 nitrogen and oxygen atoms in total. The largest absolute Gasteiger partial charge is 0.397 e. The highest BCUT2D eigenvalue weighted by Gasteiger charge is 2.33. The molecule has 1 N–H and O–H groups in total. The Morgan fingerprint density at radius 3 is 2.42 bits per heavy atom. The number of alkyl halides is 3. The van der Waals surface area contributed by atoms with Gasteiger partial charge in [-0.05, 0) is 46.9 Å². The summed E-state index contributed by atoms with van der Waals surface area (Å²) in [5.74, 6) is -0.902. The number of hydrogen-bond acceptors (Lipinski definition) is 3. The van der Waals surface area contributed by atoms with Crippen LogP contribution in [0.3, 0.4) is 0 Å². The van der Waals surface area contributed by atoms with Crippen LogP contribution in [0.25, 0.3) is 5.57 Å². The number of anilines is 1. The first-order valence-electron chi connectivity index (χ1n) is 9.90. The van der Waals surface area contributed by atoms with Crippen molar-refractivity contribution in [3.05, 3.63) is 65.5 Å². The maximum absolute atomic E-state index is 12.5. The van der Waals surface area contributed by atoms with Crippen molar-refractivity contribution in [2.45, 2.75) is 32.1 Å². The van der Waals surface area contributed by atoms with Gasteiger partial charge in [-0.15, -0.1) is 0 Å². The summed E-state index contributed by atoms with van der Waals surface area (Å²) in [7, 11) is 0. The molecule has 2 aliphatic rings. The fourth-order valence-corrected chi connectivity index (χ4v) is 3.77. The minimum atomic E-state index is -4.49. The molecule has 2 aliphatic heterocycles.